The zero-order valence-electron chi connectivity index (χ0n) is 13.0. The van der Waals surface area contributed by atoms with Crippen molar-refractivity contribution in [1.29, 1.82) is 0 Å². The van der Waals surface area contributed by atoms with Crippen molar-refractivity contribution in [3.63, 3.8) is 0 Å². The Morgan fingerprint density at radius 3 is 2.24 bits per heavy atom. The van der Waals surface area contributed by atoms with E-state index < -0.39 is 0 Å². The summed E-state index contributed by atoms with van der Waals surface area (Å²) in [6.07, 6.45) is 15.2. The molecule has 0 aromatic heterocycles. The van der Waals surface area contributed by atoms with Crippen LogP contribution in [0.15, 0.2) is 22.7 Å². The minimum absolute atomic E-state index is 0.430. The highest BCUT2D eigenvalue weighted by atomic mass is 79.9. The molecule has 2 heteroatoms. The summed E-state index contributed by atoms with van der Waals surface area (Å²) in [5.74, 6) is 1.94. The molecule has 1 aromatic rings. The molecule has 0 unspecified atom stereocenters. The highest BCUT2D eigenvalue weighted by Crippen LogP contribution is 2.32. The summed E-state index contributed by atoms with van der Waals surface area (Å²) in [7, 11) is 0. The smallest absolute Gasteiger partial charge is 0.133 e. The Kier molecular flexibility index (Phi) is 5.62. The predicted molar refractivity (Wildman–Crippen MR) is 91.9 cm³/mol. The number of rotatable bonds is 4. The summed E-state index contributed by atoms with van der Waals surface area (Å²) in [4.78, 5) is 0. The second kappa shape index (κ2) is 7.67. The van der Waals surface area contributed by atoms with E-state index in [0.717, 1.165) is 16.1 Å². The summed E-state index contributed by atoms with van der Waals surface area (Å²) in [6.45, 7) is 0. The lowest BCUT2D eigenvalue weighted by atomic mass is 9.85. The average molecular weight is 351 g/mol. The second-order valence-corrected chi connectivity index (χ2v) is 7.71. The van der Waals surface area contributed by atoms with E-state index in [1.165, 1.54) is 76.2 Å². The topological polar surface area (TPSA) is 9.23 Å². The van der Waals surface area contributed by atoms with Gasteiger partial charge < -0.3 is 4.74 Å². The van der Waals surface area contributed by atoms with Crippen molar-refractivity contribution < 1.29 is 4.74 Å². The summed E-state index contributed by atoms with van der Waals surface area (Å²) in [6, 6.07) is 6.74. The van der Waals surface area contributed by atoms with Crippen molar-refractivity contribution >= 4 is 15.9 Å². The minimum atomic E-state index is 0.430. The van der Waals surface area contributed by atoms with Crippen molar-refractivity contribution in [3.8, 4) is 5.75 Å². The molecule has 21 heavy (non-hydrogen) atoms. The third-order valence-corrected chi connectivity index (χ3v) is 5.71. The molecule has 0 spiro atoms. The van der Waals surface area contributed by atoms with Crippen LogP contribution in [-0.4, -0.2) is 6.10 Å². The Morgan fingerprint density at radius 1 is 0.905 bits per heavy atom. The molecule has 0 heterocycles. The third-order valence-electron chi connectivity index (χ3n) is 5.09. The first-order chi connectivity index (χ1) is 10.3. The molecule has 0 atom stereocenters. The Labute approximate surface area is 137 Å². The van der Waals surface area contributed by atoms with Gasteiger partial charge in [0.1, 0.15) is 5.75 Å². The summed E-state index contributed by atoms with van der Waals surface area (Å²) in [5.41, 5.74) is 1.46. The maximum absolute atomic E-state index is 6.18. The van der Waals surface area contributed by atoms with Gasteiger partial charge in [0.25, 0.3) is 0 Å². The van der Waals surface area contributed by atoms with Crippen LogP contribution in [0.1, 0.15) is 69.8 Å². The van der Waals surface area contributed by atoms with Gasteiger partial charge in [-0.2, -0.15) is 0 Å². The summed E-state index contributed by atoms with van der Waals surface area (Å²) in [5, 5.41) is 0. The van der Waals surface area contributed by atoms with E-state index in [-0.39, 0.29) is 0 Å². The van der Waals surface area contributed by atoms with Crippen LogP contribution >= 0.6 is 15.9 Å². The zero-order valence-corrected chi connectivity index (χ0v) is 14.5. The average Bonchev–Trinajstić information content (AvgIpc) is 2.52. The molecular weight excluding hydrogens is 324 g/mol. The number of hydrogen-bond donors (Lipinski definition) is 0. The normalized spacial score (nSPS) is 21.4. The van der Waals surface area contributed by atoms with Crippen LogP contribution in [0.25, 0.3) is 0 Å². The molecular formula is C19H27BrO. The minimum Gasteiger partial charge on any atom is -0.489 e. The lowest BCUT2D eigenvalue weighted by Gasteiger charge is -2.24. The molecule has 0 aliphatic heterocycles. The van der Waals surface area contributed by atoms with Gasteiger partial charge >= 0.3 is 0 Å². The molecule has 0 radical (unpaired) electrons. The zero-order chi connectivity index (χ0) is 14.5. The maximum Gasteiger partial charge on any atom is 0.133 e. The highest BCUT2D eigenvalue weighted by Gasteiger charge is 2.17. The fraction of sp³-hybridized carbons (Fsp3) is 0.684. The van der Waals surface area contributed by atoms with E-state index in [0.29, 0.717) is 6.10 Å². The maximum atomic E-state index is 6.18. The van der Waals surface area contributed by atoms with Gasteiger partial charge in [-0.15, -0.1) is 0 Å². The van der Waals surface area contributed by atoms with E-state index in [1.807, 2.05) is 0 Å². The molecule has 1 aromatic carbocycles. The van der Waals surface area contributed by atoms with E-state index in [4.69, 9.17) is 4.74 Å². The molecule has 1 nitrogen and oxygen atoms in total. The quantitative estimate of drug-likeness (QED) is 0.620. The van der Waals surface area contributed by atoms with Crippen molar-refractivity contribution in [3.05, 3.63) is 28.2 Å². The Bertz CT molecular complexity index is 445. The van der Waals surface area contributed by atoms with E-state index >= 15 is 0 Å². The highest BCUT2D eigenvalue weighted by molar-refractivity contribution is 9.10. The summed E-state index contributed by atoms with van der Waals surface area (Å²) < 4.78 is 7.32. The van der Waals surface area contributed by atoms with E-state index in [9.17, 15) is 0 Å². The molecule has 2 aliphatic rings. The standard InChI is InChI=1S/C19H27BrO/c20-18-14-16(13-15-7-3-1-4-8-15)11-12-19(18)21-17-9-5-2-6-10-17/h11-12,14-15,17H,1-10,13H2. The van der Waals surface area contributed by atoms with Crippen molar-refractivity contribution in [1.82, 2.24) is 0 Å². The lowest BCUT2D eigenvalue weighted by molar-refractivity contribution is 0.154. The Morgan fingerprint density at radius 2 is 1.57 bits per heavy atom. The van der Waals surface area contributed by atoms with Crippen molar-refractivity contribution in [2.45, 2.75) is 76.7 Å². The van der Waals surface area contributed by atoms with Crippen molar-refractivity contribution in [2.75, 3.05) is 0 Å². The SMILES string of the molecule is Brc1cc(CC2CCCCC2)ccc1OC1CCCCC1. The molecule has 2 aliphatic carbocycles. The molecule has 116 valence electrons. The van der Waals surface area contributed by atoms with Gasteiger partial charge in [0, 0.05) is 0 Å². The van der Waals surface area contributed by atoms with Crippen LogP contribution in [-0.2, 0) is 6.42 Å². The molecule has 0 bridgehead atoms. The van der Waals surface area contributed by atoms with Gasteiger partial charge in [-0.1, -0.05) is 44.6 Å². The van der Waals surface area contributed by atoms with Crippen LogP contribution in [0.4, 0.5) is 0 Å². The molecule has 2 fully saturated rings. The molecule has 2 saturated carbocycles. The van der Waals surface area contributed by atoms with Gasteiger partial charge in [0.15, 0.2) is 0 Å². The largest absolute Gasteiger partial charge is 0.489 e. The number of ether oxygens (including phenoxy) is 1. The number of hydrogen-bond acceptors (Lipinski definition) is 1. The fourth-order valence-electron chi connectivity index (χ4n) is 3.85. The molecule has 0 saturated heterocycles. The monoisotopic (exact) mass is 350 g/mol. The van der Waals surface area contributed by atoms with Crippen LogP contribution in [0.5, 0.6) is 5.75 Å². The molecule has 0 amide bonds. The van der Waals surface area contributed by atoms with Crippen LogP contribution in [0.2, 0.25) is 0 Å². The fourth-order valence-corrected chi connectivity index (χ4v) is 4.37. The lowest BCUT2D eigenvalue weighted by Crippen LogP contribution is -2.19. The molecule has 0 N–H and O–H groups in total. The Balaban J connectivity index is 1.59. The van der Waals surface area contributed by atoms with Crippen LogP contribution in [0, 0.1) is 5.92 Å². The Hall–Kier alpha value is -0.500. The van der Waals surface area contributed by atoms with E-state index in [1.54, 1.807) is 0 Å². The summed E-state index contributed by atoms with van der Waals surface area (Å²) >= 11 is 3.71. The third kappa shape index (κ3) is 4.48. The predicted octanol–water partition coefficient (Wildman–Crippen LogP) is 6.28. The van der Waals surface area contributed by atoms with Crippen LogP contribution in [0.3, 0.4) is 0 Å². The van der Waals surface area contributed by atoms with Gasteiger partial charge in [0.05, 0.1) is 10.6 Å². The number of benzene rings is 1. The van der Waals surface area contributed by atoms with Crippen molar-refractivity contribution in [2.24, 2.45) is 5.92 Å². The van der Waals surface area contributed by atoms with Gasteiger partial charge in [-0.25, -0.2) is 0 Å². The van der Waals surface area contributed by atoms with Gasteiger partial charge in [-0.05, 0) is 71.6 Å². The second-order valence-electron chi connectivity index (χ2n) is 6.85. The van der Waals surface area contributed by atoms with Gasteiger partial charge in [0.2, 0.25) is 0 Å². The number of halogens is 1. The first-order valence-corrected chi connectivity index (χ1v) is 9.55. The van der Waals surface area contributed by atoms with Gasteiger partial charge in [-0.3, -0.25) is 0 Å². The molecule has 3 rings (SSSR count). The van der Waals surface area contributed by atoms with E-state index in [2.05, 4.69) is 34.1 Å². The first kappa shape index (κ1) is 15.4. The van der Waals surface area contributed by atoms with Crippen LogP contribution < -0.4 is 4.74 Å². The first-order valence-electron chi connectivity index (χ1n) is 8.76.